The molecule has 0 rings (SSSR count). The van der Waals surface area contributed by atoms with Gasteiger partial charge < -0.3 is 33.8 Å². The molecule has 0 radical (unpaired) electrons. The summed E-state index contributed by atoms with van der Waals surface area (Å²) < 4.78 is 68.6. The van der Waals surface area contributed by atoms with E-state index in [1.54, 1.807) is 0 Å². The molecule has 0 aromatic carbocycles. The molecule has 5 atom stereocenters. The van der Waals surface area contributed by atoms with Gasteiger partial charge in [0.05, 0.1) is 26.4 Å². The lowest BCUT2D eigenvalue weighted by molar-refractivity contribution is -0.161. The maximum absolute atomic E-state index is 13.1. The van der Waals surface area contributed by atoms with Crippen LogP contribution in [0.3, 0.4) is 0 Å². The van der Waals surface area contributed by atoms with Crippen LogP contribution in [0.25, 0.3) is 0 Å². The third-order valence-electron chi connectivity index (χ3n) is 16.4. The van der Waals surface area contributed by atoms with Crippen LogP contribution in [0.4, 0.5) is 0 Å². The molecule has 586 valence electrons. The lowest BCUT2D eigenvalue weighted by Gasteiger charge is -2.21. The van der Waals surface area contributed by atoms with Crippen molar-refractivity contribution in [1.82, 2.24) is 0 Å². The number of rotatable bonds is 74. The number of ether oxygens (including phenoxy) is 4. The van der Waals surface area contributed by atoms with Crippen molar-refractivity contribution in [3.8, 4) is 0 Å². The molecule has 0 spiro atoms. The summed E-state index contributed by atoms with van der Waals surface area (Å²) in [6.45, 7) is 4.57. The van der Waals surface area contributed by atoms with Gasteiger partial charge in [-0.1, -0.05) is 284 Å². The van der Waals surface area contributed by atoms with Crippen molar-refractivity contribution < 1.29 is 80.2 Å². The Kier molecular flexibility index (Phi) is 71.4. The van der Waals surface area contributed by atoms with Gasteiger partial charge >= 0.3 is 39.5 Å². The molecule has 0 aromatic rings. The van der Waals surface area contributed by atoms with Crippen LogP contribution in [0.15, 0.2) is 122 Å². The number of aliphatic hydroxyl groups excluding tert-OH is 1. The zero-order valence-electron chi connectivity index (χ0n) is 64.0. The molecule has 0 aliphatic rings. The van der Waals surface area contributed by atoms with Crippen molar-refractivity contribution in [2.75, 3.05) is 39.6 Å². The molecular formula is C83H142O17P2. The minimum Gasteiger partial charge on any atom is -0.462 e. The van der Waals surface area contributed by atoms with Gasteiger partial charge in [0.1, 0.15) is 19.3 Å². The Morgan fingerprint density at radius 2 is 0.510 bits per heavy atom. The van der Waals surface area contributed by atoms with Crippen LogP contribution in [-0.2, 0) is 65.4 Å². The Hall–Kier alpha value is -4.54. The Labute approximate surface area is 619 Å². The maximum Gasteiger partial charge on any atom is 0.472 e. The van der Waals surface area contributed by atoms with E-state index < -0.39 is 97.5 Å². The average Bonchev–Trinajstić information content (AvgIpc) is 0.939. The number of carbonyl (C=O) groups excluding carboxylic acids is 4. The molecule has 3 N–H and O–H groups in total. The van der Waals surface area contributed by atoms with E-state index in [0.717, 1.165) is 173 Å². The number of phosphoric ester groups is 2. The van der Waals surface area contributed by atoms with E-state index in [1.165, 1.54) is 70.6 Å². The molecule has 17 nitrogen and oxygen atoms in total. The molecule has 0 saturated carbocycles. The van der Waals surface area contributed by atoms with Gasteiger partial charge in [-0.05, 0) is 135 Å². The van der Waals surface area contributed by atoms with Crippen LogP contribution in [0.2, 0.25) is 0 Å². The van der Waals surface area contributed by atoms with Gasteiger partial charge in [-0.25, -0.2) is 9.13 Å². The minimum absolute atomic E-state index is 0.0713. The van der Waals surface area contributed by atoms with E-state index in [-0.39, 0.29) is 25.7 Å². The SMILES string of the molecule is CC/C=C\C/C=C\C/C=C\C/C=C\CCCCCCC(=O)OCC(COP(=O)(O)OCC(O)COP(=O)(O)OCC(COC(=O)CCCCCC/C=C\C/C=C\C/C=C\C/C=C\CC)OC(=O)CCCCCCCCCCCCCCC)OC(=O)CCCCCCC/C=C\C/C=C\CCCCC. The number of esters is 4. The van der Waals surface area contributed by atoms with Crippen molar-refractivity contribution in [3.63, 3.8) is 0 Å². The third kappa shape index (κ3) is 73.8. The molecule has 0 bridgehead atoms. The van der Waals surface area contributed by atoms with Crippen molar-refractivity contribution in [2.45, 2.75) is 341 Å². The molecule has 0 fully saturated rings. The van der Waals surface area contributed by atoms with Gasteiger partial charge in [0.25, 0.3) is 0 Å². The van der Waals surface area contributed by atoms with Crippen LogP contribution in [-0.4, -0.2) is 96.7 Å². The molecule has 102 heavy (non-hydrogen) atoms. The fourth-order valence-corrected chi connectivity index (χ4v) is 12.0. The monoisotopic (exact) mass is 1470 g/mol. The predicted octanol–water partition coefficient (Wildman–Crippen LogP) is 23.1. The largest absolute Gasteiger partial charge is 0.472 e. The zero-order chi connectivity index (χ0) is 74.6. The van der Waals surface area contributed by atoms with E-state index in [2.05, 4.69) is 149 Å². The highest BCUT2D eigenvalue weighted by molar-refractivity contribution is 7.47. The molecule has 19 heteroatoms. The molecule has 5 unspecified atom stereocenters. The first-order valence-corrected chi connectivity index (χ1v) is 42.8. The highest BCUT2D eigenvalue weighted by atomic mass is 31.2. The van der Waals surface area contributed by atoms with E-state index in [0.29, 0.717) is 25.7 Å². The fraction of sp³-hybridized carbons (Fsp3) is 0.711. The fourth-order valence-electron chi connectivity index (χ4n) is 10.4. The van der Waals surface area contributed by atoms with Crippen LogP contribution in [0, 0.1) is 0 Å². The number of hydrogen-bond acceptors (Lipinski definition) is 15. The number of unbranched alkanes of at least 4 members (excludes halogenated alkanes) is 28. The van der Waals surface area contributed by atoms with Gasteiger partial charge in [-0.2, -0.15) is 0 Å². The maximum atomic E-state index is 13.1. The van der Waals surface area contributed by atoms with Crippen molar-refractivity contribution in [1.29, 1.82) is 0 Å². The molecule has 0 heterocycles. The highest BCUT2D eigenvalue weighted by Crippen LogP contribution is 2.45. The standard InChI is InChI=1S/C83H142O17P2/c1-5-9-13-17-21-25-29-33-36-38-41-44-47-51-55-59-63-67-80(85)93-73-78(99-82(87)69-65-61-57-53-49-43-32-28-24-20-16-12-8-4)75-97-101(89,90)95-71-77(84)72-96-102(91,92)98-76-79(100-83(88)70-66-62-58-54-50-46-40-35-31-27-23-19-15-11-7-3)74-94-81(86)68-64-60-56-52-48-45-42-39-37-34-30-26-22-18-14-10-6-2/h9-10,13-14,21-23,25-27,33-37,40-42,44-45,77-79,84H,5-8,11-12,15-20,24,28-32,38-39,43,46-76H2,1-4H3,(H,89,90)(H,91,92)/b13-9-,14-10-,25-21-,26-22-,27-23-,36-33-,37-34-,40-35-,44-41-,45-42-. The first-order valence-electron chi connectivity index (χ1n) is 39.8. The molecule has 0 aliphatic carbocycles. The van der Waals surface area contributed by atoms with E-state index in [9.17, 15) is 43.2 Å². The highest BCUT2D eigenvalue weighted by Gasteiger charge is 2.30. The normalized spacial score (nSPS) is 14.5. The molecule has 0 amide bonds. The van der Waals surface area contributed by atoms with Gasteiger partial charge in [-0.3, -0.25) is 37.3 Å². The van der Waals surface area contributed by atoms with E-state index >= 15 is 0 Å². The molecular weight excluding hydrogens is 1330 g/mol. The summed E-state index contributed by atoms with van der Waals surface area (Å²) in [5.74, 6) is -2.23. The lowest BCUT2D eigenvalue weighted by Crippen LogP contribution is -2.30. The van der Waals surface area contributed by atoms with Gasteiger partial charge in [0.2, 0.25) is 0 Å². The van der Waals surface area contributed by atoms with Crippen molar-refractivity contribution >= 4 is 39.5 Å². The van der Waals surface area contributed by atoms with E-state index in [4.69, 9.17) is 37.0 Å². The first kappa shape index (κ1) is 97.5. The minimum atomic E-state index is -4.99. The number of hydrogen-bond donors (Lipinski definition) is 3. The summed E-state index contributed by atoms with van der Waals surface area (Å²) in [6.07, 6.45) is 81.7. The van der Waals surface area contributed by atoms with Crippen molar-refractivity contribution in [3.05, 3.63) is 122 Å². The lowest BCUT2D eigenvalue weighted by atomic mass is 10.0. The number of aliphatic hydroxyl groups is 1. The van der Waals surface area contributed by atoms with Crippen LogP contribution >= 0.6 is 15.6 Å². The topological polar surface area (TPSA) is 237 Å². The van der Waals surface area contributed by atoms with E-state index in [1.807, 2.05) is 0 Å². The quantitative estimate of drug-likeness (QED) is 0.0169. The Bertz CT molecular complexity index is 2410. The average molecular weight is 1470 g/mol. The first-order chi connectivity index (χ1) is 49.7. The Morgan fingerprint density at radius 1 is 0.284 bits per heavy atom. The van der Waals surface area contributed by atoms with Gasteiger partial charge in [0.15, 0.2) is 12.2 Å². The predicted molar refractivity (Wildman–Crippen MR) is 418 cm³/mol. The summed E-state index contributed by atoms with van der Waals surface area (Å²) in [6, 6.07) is 0. The van der Waals surface area contributed by atoms with Crippen LogP contribution in [0.1, 0.15) is 323 Å². The summed E-state index contributed by atoms with van der Waals surface area (Å²) in [5.41, 5.74) is 0. The summed E-state index contributed by atoms with van der Waals surface area (Å²) >= 11 is 0. The van der Waals surface area contributed by atoms with Crippen LogP contribution in [0.5, 0.6) is 0 Å². The second-order valence-electron chi connectivity index (χ2n) is 26.2. The van der Waals surface area contributed by atoms with Crippen LogP contribution < -0.4 is 0 Å². The molecule has 0 saturated heterocycles. The van der Waals surface area contributed by atoms with Gasteiger partial charge in [-0.15, -0.1) is 0 Å². The number of allylic oxidation sites excluding steroid dienone is 20. The summed E-state index contributed by atoms with van der Waals surface area (Å²) in [5, 5.41) is 10.6. The zero-order valence-corrected chi connectivity index (χ0v) is 65.8. The second kappa shape index (κ2) is 74.7. The molecule has 0 aromatic heterocycles. The second-order valence-corrected chi connectivity index (χ2v) is 29.2. The Morgan fingerprint density at radius 3 is 0.804 bits per heavy atom. The number of carbonyl (C=O) groups is 4. The number of phosphoric acid groups is 2. The molecule has 0 aliphatic heterocycles. The Balaban J connectivity index is 5.40. The summed E-state index contributed by atoms with van der Waals surface area (Å²) in [4.78, 5) is 73.0. The van der Waals surface area contributed by atoms with Gasteiger partial charge in [0, 0.05) is 25.7 Å². The third-order valence-corrected chi connectivity index (χ3v) is 18.3. The van der Waals surface area contributed by atoms with Crippen molar-refractivity contribution in [2.24, 2.45) is 0 Å². The smallest absolute Gasteiger partial charge is 0.462 e. The summed E-state index contributed by atoms with van der Waals surface area (Å²) in [7, 11) is -9.97.